The van der Waals surface area contributed by atoms with Gasteiger partial charge >= 0.3 is 5.97 Å². The summed E-state index contributed by atoms with van der Waals surface area (Å²) in [5.74, 6) is -0.315. The zero-order chi connectivity index (χ0) is 32.4. The average molecular weight is 639 g/mol. The topological polar surface area (TPSA) is 126 Å². The second-order valence-corrected chi connectivity index (χ2v) is 14.2. The van der Waals surface area contributed by atoms with Crippen molar-refractivity contribution in [1.82, 2.24) is 0 Å². The van der Waals surface area contributed by atoms with Gasteiger partial charge in [-0.3, -0.25) is 0 Å². The van der Waals surface area contributed by atoms with Crippen molar-refractivity contribution in [3.8, 4) is 0 Å². The first-order chi connectivity index (χ1) is 21.8. The van der Waals surface area contributed by atoms with Crippen molar-refractivity contribution in [2.75, 3.05) is 0 Å². The van der Waals surface area contributed by atoms with Gasteiger partial charge in [-0.05, 0) is 70.8 Å². The fourth-order valence-corrected chi connectivity index (χ4v) is 7.30. The van der Waals surface area contributed by atoms with Gasteiger partial charge in [0.15, 0.2) is 0 Å². The van der Waals surface area contributed by atoms with E-state index in [2.05, 4.69) is 6.92 Å². The molecule has 0 radical (unpaired) electrons. The molecule has 3 rings (SSSR count). The Labute approximate surface area is 273 Å². The molecule has 3 heterocycles. The van der Waals surface area contributed by atoms with Crippen LogP contribution in [0.25, 0.3) is 0 Å². The third-order valence-corrected chi connectivity index (χ3v) is 10.1. The number of ether oxygens (including phenoxy) is 3. The molecule has 0 bridgehead atoms. The minimum absolute atomic E-state index is 0.00732. The standard InChI is InChI=1S/C37H66O8/c1-3-4-5-6-7-8-9-13-19-31(40)33-21-23-35(44-33)36-24-22-34(45-36)32(41)20-15-14-17-29(38)16-11-10-12-18-30(39)26-28-25-27(2)43-37(28)42/h25,27,29-36,38-41H,3-24,26H2,1-2H3/t27-,29-,30+,31-,32+,33+,34+,35+,36+/m0/s1. The number of carbonyl (C=O) groups is 1. The monoisotopic (exact) mass is 638 g/mol. The van der Waals surface area contributed by atoms with E-state index in [0.717, 1.165) is 83.5 Å². The molecule has 0 aliphatic carbocycles. The first kappa shape index (κ1) is 38.4. The third-order valence-electron chi connectivity index (χ3n) is 10.1. The van der Waals surface area contributed by atoms with Crippen LogP contribution in [0.2, 0.25) is 0 Å². The molecule has 0 spiro atoms. The maximum Gasteiger partial charge on any atom is 0.334 e. The van der Waals surface area contributed by atoms with Crippen molar-refractivity contribution in [3.05, 3.63) is 11.6 Å². The number of hydrogen-bond donors (Lipinski definition) is 4. The van der Waals surface area contributed by atoms with Gasteiger partial charge in [0.25, 0.3) is 0 Å². The third kappa shape index (κ3) is 14.7. The van der Waals surface area contributed by atoms with Crippen molar-refractivity contribution in [3.63, 3.8) is 0 Å². The van der Waals surface area contributed by atoms with Gasteiger partial charge in [-0.1, -0.05) is 90.4 Å². The van der Waals surface area contributed by atoms with Crippen LogP contribution in [0, 0.1) is 0 Å². The van der Waals surface area contributed by atoms with Crippen LogP contribution in [0.4, 0.5) is 0 Å². The van der Waals surface area contributed by atoms with Crippen LogP contribution >= 0.6 is 0 Å². The molecular weight excluding hydrogens is 572 g/mol. The highest BCUT2D eigenvalue weighted by atomic mass is 16.6. The average Bonchev–Trinajstić information content (AvgIpc) is 3.76. The molecule has 3 aliphatic rings. The smallest absolute Gasteiger partial charge is 0.334 e. The van der Waals surface area contributed by atoms with Crippen LogP contribution in [0.5, 0.6) is 0 Å². The van der Waals surface area contributed by atoms with E-state index in [1.54, 1.807) is 6.08 Å². The van der Waals surface area contributed by atoms with Gasteiger partial charge < -0.3 is 34.6 Å². The summed E-state index contributed by atoms with van der Waals surface area (Å²) in [6, 6.07) is 0. The molecule has 2 saturated heterocycles. The molecule has 4 N–H and O–H groups in total. The molecule has 8 nitrogen and oxygen atoms in total. The van der Waals surface area contributed by atoms with Gasteiger partial charge in [-0.2, -0.15) is 0 Å². The second-order valence-electron chi connectivity index (χ2n) is 14.2. The Morgan fingerprint density at radius 2 is 1.09 bits per heavy atom. The number of aliphatic hydroxyl groups is 4. The number of cyclic esters (lactones) is 1. The number of carbonyl (C=O) groups excluding carboxylic acids is 1. The summed E-state index contributed by atoms with van der Waals surface area (Å²) in [4.78, 5) is 11.7. The lowest BCUT2D eigenvalue weighted by Crippen LogP contribution is -2.33. The molecule has 0 aromatic rings. The first-order valence-corrected chi connectivity index (χ1v) is 18.7. The van der Waals surface area contributed by atoms with Crippen molar-refractivity contribution >= 4 is 5.97 Å². The molecule has 9 atom stereocenters. The summed E-state index contributed by atoms with van der Waals surface area (Å²) in [6.07, 6.45) is 21.7. The summed E-state index contributed by atoms with van der Waals surface area (Å²) in [5, 5.41) is 42.0. The first-order valence-electron chi connectivity index (χ1n) is 18.7. The number of rotatable bonds is 25. The van der Waals surface area contributed by atoms with E-state index in [9.17, 15) is 25.2 Å². The van der Waals surface area contributed by atoms with Gasteiger partial charge in [0.2, 0.25) is 0 Å². The van der Waals surface area contributed by atoms with E-state index >= 15 is 0 Å². The van der Waals surface area contributed by atoms with Crippen LogP contribution in [0.1, 0.15) is 162 Å². The van der Waals surface area contributed by atoms with Gasteiger partial charge in [-0.25, -0.2) is 4.79 Å². The normalized spacial score (nSPS) is 27.8. The molecule has 0 aromatic carbocycles. The van der Waals surface area contributed by atoms with Crippen LogP contribution < -0.4 is 0 Å². The Kier molecular flexibility index (Phi) is 18.6. The summed E-state index contributed by atoms with van der Waals surface area (Å²) >= 11 is 0. The minimum atomic E-state index is -0.533. The van der Waals surface area contributed by atoms with E-state index in [4.69, 9.17) is 14.2 Å². The van der Waals surface area contributed by atoms with Crippen LogP contribution in [0.15, 0.2) is 11.6 Å². The highest BCUT2D eigenvalue weighted by Gasteiger charge is 2.40. The molecule has 0 amide bonds. The Morgan fingerprint density at radius 1 is 0.644 bits per heavy atom. The zero-order valence-electron chi connectivity index (χ0n) is 28.5. The van der Waals surface area contributed by atoms with Crippen LogP contribution in [0.3, 0.4) is 0 Å². The Bertz CT molecular complexity index is 833. The molecule has 2 fully saturated rings. The van der Waals surface area contributed by atoms with Crippen molar-refractivity contribution in [1.29, 1.82) is 0 Å². The Hall–Kier alpha value is -1.03. The van der Waals surface area contributed by atoms with Gasteiger partial charge in [0.05, 0.1) is 48.8 Å². The molecular formula is C37H66O8. The van der Waals surface area contributed by atoms with Crippen LogP contribution in [-0.4, -0.2) is 81.3 Å². The summed E-state index contributed by atoms with van der Waals surface area (Å²) in [5.41, 5.74) is 0.575. The quantitative estimate of drug-likeness (QED) is 0.0634. The molecule has 262 valence electrons. The van der Waals surface area contributed by atoms with E-state index in [1.165, 1.54) is 44.9 Å². The van der Waals surface area contributed by atoms with Crippen molar-refractivity contribution in [2.45, 2.75) is 216 Å². The SMILES string of the molecule is CCCCCCCCCC[C@H](O)[C@H]1CC[C@H]([C@H]2CC[C@H]([C@H](O)CCCC[C@@H](O)CCCCC[C@@H](O)CC3=C[C@H](C)OC3=O)O2)O1. The lowest BCUT2D eigenvalue weighted by atomic mass is 9.99. The fraction of sp³-hybridized carbons (Fsp3) is 0.919. The Morgan fingerprint density at radius 3 is 1.62 bits per heavy atom. The fourth-order valence-electron chi connectivity index (χ4n) is 7.30. The minimum Gasteiger partial charge on any atom is -0.455 e. The molecule has 3 aliphatic heterocycles. The molecule has 0 aromatic heterocycles. The lowest BCUT2D eigenvalue weighted by molar-refractivity contribution is -0.139. The number of hydrogen-bond acceptors (Lipinski definition) is 8. The second kappa shape index (κ2) is 21.8. The Balaban J connectivity index is 1.16. The van der Waals surface area contributed by atoms with Gasteiger partial charge in [0.1, 0.15) is 6.10 Å². The maximum absolute atomic E-state index is 11.7. The molecule has 45 heavy (non-hydrogen) atoms. The van der Waals surface area contributed by atoms with Crippen LogP contribution in [-0.2, 0) is 19.0 Å². The predicted molar refractivity (Wildman–Crippen MR) is 177 cm³/mol. The summed E-state index contributed by atoms with van der Waals surface area (Å²) in [6.45, 7) is 4.06. The van der Waals surface area contributed by atoms with E-state index in [1.807, 2.05) is 6.92 Å². The molecule has 0 saturated carbocycles. The molecule has 8 heteroatoms. The van der Waals surface area contributed by atoms with Gasteiger partial charge in [-0.15, -0.1) is 0 Å². The van der Waals surface area contributed by atoms with E-state index < -0.39 is 18.3 Å². The summed E-state index contributed by atoms with van der Waals surface area (Å²) < 4.78 is 17.6. The largest absolute Gasteiger partial charge is 0.455 e. The number of unbranched alkanes of at least 4 members (excludes halogenated alkanes) is 10. The summed E-state index contributed by atoms with van der Waals surface area (Å²) in [7, 11) is 0. The highest BCUT2D eigenvalue weighted by Crippen LogP contribution is 2.34. The number of esters is 1. The lowest BCUT2D eigenvalue weighted by Gasteiger charge is -2.24. The van der Waals surface area contributed by atoms with E-state index in [-0.39, 0.29) is 42.6 Å². The number of aliphatic hydroxyl groups excluding tert-OH is 4. The van der Waals surface area contributed by atoms with Crippen molar-refractivity contribution < 1.29 is 39.4 Å². The van der Waals surface area contributed by atoms with E-state index in [0.29, 0.717) is 24.8 Å². The zero-order valence-corrected chi connectivity index (χ0v) is 28.5. The maximum atomic E-state index is 11.7. The van der Waals surface area contributed by atoms with Gasteiger partial charge in [0, 0.05) is 12.0 Å². The molecule has 0 unspecified atom stereocenters. The predicted octanol–water partition coefficient (Wildman–Crippen LogP) is 6.83. The highest BCUT2D eigenvalue weighted by molar-refractivity contribution is 5.90. The van der Waals surface area contributed by atoms with Crippen molar-refractivity contribution in [2.24, 2.45) is 0 Å².